The van der Waals surface area contributed by atoms with Gasteiger partial charge in [0.1, 0.15) is 50.9 Å². The predicted molar refractivity (Wildman–Crippen MR) is 286 cm³/mol. The van der Waals surface area contributed by atoms with Crippen LogP contribution in [-0.4, -0.2) is 137 Å². The number of likely N-dealkylation sites (tertiary alicyclic amines) is 4. The van der Waals surface area contributed by atoms with Crippen LogP contribution < -0.4 is 5.73 Å². The maximum absolute atomic E-state index is 15.6. The van der Waals surface area contributed by atoms with Crippen LogP contribution in [0.2, 0.25) is 0 Å². The highest BCUT2D eigenvalue weighted by molar-refractivity contribution is 9.10. The second-order valence-corrected chi connectivity index (χ2v) is 23.8. The number of hydrogen-bond acceptors (Lipinski definition) is 13. The molecule has 4 N–H and O–H groups in total. The Morgan fingerprint density at radius 1 is 0.675 bits per heavy atom. The maximum Gasteiger partial charge on any atom is 0.419 e. The van der Waals surface area contributed by atoms with Gasteiger partial charge in [0.2, 0.25) is 0 Å². The second kappa shape index (κ2) is 27.8. The van der Waals surface area contributed by atoms with Gasteiger partial charge in [-0.3, -0.25) is 19.7 Å². The van der Waals surface area contributed by atoms with E-state index in [-0.39, 0.29) is 66.3 Å². The van der Waals surface area contributed by atoms with Gasteiger partial charge in [0, 0.05) is 84.1 Å². The molecule has 4 aliphatic rings. The Morgan fingerprint density at radius 3 is 1.61 bits per heavy atom. The number of aliphatic hydroxyl groups is 2. The van der Waals surface area contributed by atoms with Crippen molar-refractivity contribution >= 4 is 39.8 Å². The summed E-state index contributed by atoms with van der Waals surface area (Å²) in [4.78, 5) is 57.8. The Kier molecular flexibility index (Phi) is 22.2. The number of nitrogens with zero attached hydrogens (tertiary/aromatic N) is 8. The van der Waals surface area contributed by atoms with Gasteiger partial charge in [0.05, 0.1) is 47.5 Å². The fourth-order valence-corrected chi connectivity index (χ4v) is 10.6. The zero-order valence-corrected chi connectivity index (χ0v) is 48.4. The van der Waals surface area contributed by atoms with Gasteiger partial charge >= 0.3 is 18.4 Å². The minimum Gasteiger partial charge on any atom is -0.444 e. The van der Waals surface area contributed by atoms with E-state index in [0.717, 1.165) is 30.4 Å². The molecule has 3 atom stereocenters. The average molecular weight is 1250 g/mol. The van der Waals surface area contributed by atoms with Crippen LogP contribution in [0.4, 0.5) is 59.3 Å². The number of nitrogens with two attached hydrogens (primary N) is 1. The van der Waals surface area contributed by atoms with E-state index in [2.05, 4.69) is 35.9 Å². The molecule has 458 valence electrons. The number of nitrogen functional groups attached to an aromatic ring is 1. The first kappa shape index (κ1) is 66.2. The van der Waals surface area contributed by atoms with E-state index in [9.17, 15) is 64.1 Å². The van der Waals surface area contributed by atoms with Gasteiger partial charge in [0.25, 0.3) is 5.91 Å². The van der Waals surface area contributed by atoms with E-state index in [4.69, 9.17) is 15.2 Å². The van der Waals surface area contributed by atoms with Gasteiger partial charge < -0.3 is 40.1 Å². The summed E-state index contributed by atoms with van der Waals surface area (Å²) in [7, 11) is 0. The Labute approximate surface area is 483 Å². The van der Waals surface area contributed by atoms with Crippen LogP contribution in [-0.2, 0) is 27.0 Å². The standard InChI is InChI=1S/C24H27F6N5O.C16H21BrF2N2O3.C16H22F2N2O3/c25-19(21-20(26)17(2-8-33-21)24(28,29)30)16-3-9-35(10-4-16)22(36)23(27)5-11-34(12-6-23)14-15-1-7-32-18(31)13-15;1-16(2,3)24-15(23)21-6-4-9(5-7-21)13(22)11-10(18)8-20-14(17)12(11)19;1-16(2,3)23-15(22)20-6-4-10(5-7-20)14(21)13-11(17)8-19-9-12(13)18/h1-2,7-8,13,16,19H,3-6,9-12,14H2,(H2,31,32);8-9,13,22H,4-7H2,1-3H3;8-10,14,21H,4-7H2,1-3H3. The van der Waals surface area contributed by atoms with Gasteiger partial charge in [-0.15, -0.1) is 0 Å². The van der Waals surface area contributed by atoms with E-state index >= 15 is 4.39 Å². The molecule has 27 heteroatoms. The van der Waals surface area contributed by atoms with E-state index in [1.54, 1.807) is 63.6 Å². The second-order valence-electron chi connectivity index (χ2n) is 23.1. The Balaban J connectivity index is 0.000000208. The number of ether oxygens (including phenoxy) is 2. The van der Waals surface area contributed by atoms with E-state index in [0.29, 0.717) is 83.4 Å². The van der Waals surface area contributed by atoms with Crippen molar-refractivity contribution in [2.45, 2.75) is 141 Å². The zero-order valence-electron chi connectivity index (χ0n) is 46.9. The van der Waals surface area contributed by atoms with Crippen molar-refractivity contribution in [1.29, 1.82) is 0 Å². The highest BCUT2D eigenvalue weighted by atomic mass is 79.9. The lowest BCUT2D eigenvalue weighted by atomic mass is 9.87. The summed E-state index contributed by atoms with van der Waals surface area (Å²) in [6, 6.07) is 4.03. The van der Waals surface area contributed by atoms with Crippen molar-refractivity contribution in [1.82, 2.24) is 39.5 Å². The van der Waals surface area contributed by atoms with Crippen LogP contribution in [0.1, 0.15) is 139 Å². The Bertz CT molecular complexity index is 2830. The molecule has 16 nitrogen and oxygen atoms in total. The Hall–Kier alpha value is -5.93. The smallest absolute Gasteiger partial charge is 0.419 e. The number of hydrogen-bond donors (Lipinski definition) is 3. The first-order valence-electron chi connectivity index (χ1n) is 27.1. The highest BCUT2D eigenvalue weighted by Crippen LogP contribution is 2.41. The van der Waals surface area contributed by atoms with Crippen molar-refractivity contribution in [3.05, 3.63) is 111 Å². The molecule has 0 aromatic carbocycles. The van der Waals surface area contributed by atoms with Gasteiger partial charge in [-0.25, -0.2) is 50.3 Å². The molecular weight excluding hydrogens is 1180 g/mol. The number of pyridine rings is 4. The molecule has 4 fully saturated rings. The molecule has 8 heterocycles. The molecular formula is C56H70BrF10N9O7. The third-order valence-electron chi connectivity index (χ3n) is 14.7. The minimum absolute atomic E-state index is 0.0113. The molecule has 4 aromatic heterocycles. The summed E-state index contributed by atoms with van der Waals surface area (Å²) in [5.74, 6) is -6.96. The summed E-state index contributed by atoms with van der Waals surface area (Å²) in [6.07, 6.45) is -3.51. The summed E-state index contributed by atoms with van der Waals surface area (Å²) in [5.41, 5.74) is 0.250. The third kappa shape index (κ3) is 17.8. The highest BCUT2D eigenvalue weighted by Gasteiger charge is 2.46. The van der Waals surface area contributed by atoms with Crippen molar-refractivity contribution in [2.75, 3.05) is 58.1 Å². The molecule has 0 bridgehead atoms. The fourth-order valence-electron chi connectivity index (χ4n) is 10.3. The van der Waals surface area contributed by atoms with Gasteiger partial charge in [-0.2, -0.15) is 13.2 Å². The van der Waals surface area contributed by atoms with Crippen LogP contribution >= 0.6 is 15.9 Å². The summed E-state index contributed by atoms with van der Waals surface area (Å²) >= 11 is 2.90. The van der Waals surface area contributed by atoms with Crippen molar-refractivity contribution in [3.63, 3.8) is 0 Å². The molecule has 0 spiro atoms. The molecule has 83 heavy (non-hydrogen) atoms. The molecule has 4 aliphatic heterocycles. The number of aliphatic hydroxyl groups excluding tert-OH is 2. The SMILES string of the molecule is CC(C)(C)OC(=O)N1CCC(C(O)c2c(F)cnc(Br)c2F)CC1.CC(C)(C)OC(=O)N1CCC(C(O)c2c(F)cncc2F)CC1.Nc1cc(CN2CCC(F)(C(=O)N3CCC(C(F)c4nccc(C(F)(F)F)c4F)CC3)CC2)ccn1. The molecule has 4 saturated heterocycles. The number of alkyl halides is 5. The molecule has 8 rings (SSSR count). The van der Waals surface area contributed by atoms with E-state index < -0.39 is 106 Å². The quantitative estimate of drug-likeness (QED) is 0.106. The monoisotopic (exact) mass is 1250 g/mol. The van der Waals surface area contributed by atoms with Crippen LogP contribution in [0.25, 0.3) is 0 Å². The van der Waals surface area contributed by atoms with Crippen LogP contribution in [0.3, 0.4) is 0 Å². The van der Waals surface area contributed by atoms with E-state index in [1.165, 1.54) is 4.90 Å². The molecule has 3 amide bonds. The normalized spacial score (nSPS) is 18.9. The maximum atomic E-state index is 15.6. The lowest BCUT2D eigenvalue weighted by Crippen LogP contribution is -2.54. The van der Waals surface area contributed by atoms with Crippen molar-refractivity contribution in [2.24, 2.45) is 17.8 Å². The van der Waals surface area contributed by atoms with E-state index in [1.807, 2.05) is 11.0 Å². The topological polar surface area (TPSA) is 201 Å². The van der Waals surface area contributed by atoms with Crippen LogP contribution in [0.5, 0.6) is 0 Å². The summed E-state index contributed by atoms with van der Waals surface area (Å²) in [6.45, 7) is 13.6. The number of aromatic nitrogens is 4. The van der Waals surface area contributed by atoms with Crippen molar-refractivity contribution in [3.8, 4) is 0 Å². The third-order valence-corrected chi connectivity index (χ3v) is 15.3. The molecule has 0 aliphatic carbocycles. The number of amides is 3. The first-order chi connectivity index (χ1) is 38.8. The largest absolute Gasteiger partial charge is 0.444 e. The molecule has 0 radical (unpaired) electrons. The zero-order chi connectivity index (χ0) is 61.4. The lowest BCUT2D eigenvalue weighted by Gasteiger charge is -2.40. The van der Waals surface area contributed by atoms with Gasteiger partial charge in [-0.05, 0) is 138 Å². The molecule has 3 unspecified atom stereocenters. The number of rotatable bonds is 9. The average Bonchev–Trinajstić information content (AvgIpc) is 3.49. The van der Waals surface area contributed by atoms with Crippen molar-refractivity contribution < 1.29 is 78.0 Å². The summed E-state index contributed by atoms with van der Waals surface area (Å²) in [5, 5.41) is 20.7. The number of carbonyl (C=O) groups excluding carboxylic acids is 3. The van der Waals surface area contributed by atoms with Crippen LogP contribution in [0.15, 0.2) is 53.8 Å². The summed E-state index contributed by atoms with van der Waals surface area (Å²) < 4.78 is 150. The molecule has 0 saturated carbocycles. The minimum atomic E-state index is -4.96. The number of carbonyl (C=O) groups is 3. The Morgan fingerprint density at radius 2 is 1.13 bits per heavy atom. The van der Waals surface area contributed by atoms with Crippen LogP contribution in [0, 0.1) is 46.8 Å². The molecule has 4 aromatic rings. The number of halogens is 11. The van der Waals surface area contributed by atoms with Gasteiger partial charge in [0.15, 0.2) is 17.3 Å². The van der Waals surface area contributed by atoms with Gasteiger partial charge in [-0.1, -0.05) is 0 Å². The first-order valence-corrected chi connectivity index (χ1v) is 27.9. The lowest BCUT2D eigenvalue weighted by molar-refractivity contribution is -0.149. The fraction of sp³-hybridized carbons (Fsp3) is 0.589. The number of anilines is 1. The number of piperidine rings is 4. The predicted octanol–water partition coefficient (Wildman–Crippen LogP) is 11.3.